The minimum Gasteiger partial charge on any atom is -0.343 e. The van der Waals surface area contributed by atoms with Crippen molar-refractivity contribution in [1.82, 2.24) is 4.57 Å². The standard InChI is InChI=1S/C12H12FN/c1-9(2)8-14-6-5-10-3-4-11(13)7-12(10)14/h3-7H,1,8H2,2H3. The molecule has 0 atom stereocenters. The first-order valence-corrected chi connectivity index (χ1v) is 4.55. The Morgan fingerprint density at radius 1 is 1.43 bits per heavy atom. The Hall–Kier alpha value is -1.57. The molecule has 0 saturated heterocycles. The molecule has 0 aliphatic carbocycles. The van der Waals surface area contributed by atoms with Crippen molar-refractivity contribution in [1.29, 1.82) is 0 Å². The molecule has 2 heteroatoms. The van der Waals surface area contributed by atoms with Crippen molar-refractivity contribution in [3.05, 3.63) is 48.4 Å². The molecule has 0 N–H and O–H groups in total. The van der Waals surface area contributed by atoms with Gasteiger partial charge < -0.3 is 4.57 Å². The highest BCUT2D eigenvalue weighted by Gasteiger charge is 2.01. The van der Waals surface area contributed by atoms with E-state index in [4.69, 9.17) is 0 Å². The molecule has 0 amide bonds. The van der Waals surface area contributed by atoms with Gasteiger partial charge in [-0.2, -0.15) is 0 Å². The maximum absolute atomic E-state index is 13.0. The zero-order valence-electron chi connectivity index (χ0n) is 8.13. The van der Waals surface area contributed by atoms with Gasteiger partial charge in [-0.15, -0.1) is 0 Å². The largest absolute Gasteiger partial charge is 0.343 e. The zero-order chi connectivity index (χ0) is 10.1. The molecule has 1 aromatic carbocycles. The van der Waals surface area contributed by atoms with Crippen LogP contribution in [0.4, 0.5) is 4.39 Å². The van der Waals surface area contributed by atoms with Gasteiger partial charge in [0.1, 0.15) is 5.82 Å². The van der Waals surface area contributed by atoms with Gasteiger partial charge in [-0.05, 0) is 36.6 Å². The van der Waals surface area contributed by atoms with Gasteiger partial charge in [0, 0.05) is 12.7 Å². The molecule has 0 saturated carbocycles. The topological polar surface area (TPSA) is 4.93 Å². The van der Waals surface area contributed by atoms with Gasteiger partial charge in [-0.1, -0.05) is 12.2 Å². The third-order valence-corrected chi connectivity index (χ3v) is 2.18. The molecule has 0 aliphatic rings. The fourth-order valence-electron chi connectivity index (χ4n) is 1.59. The lowest BCUT2D eigenvalue weighted by Crippen LogP contribution is -1.96. The van der Waals surface area contributed by atoms with Crippen molar-refractivity contribution in [2.24, 2.45) is 0 Å². The highest BCUT2D eigenvalue weighted by Crippen LogP contribution is 2.17. The first kappa shape index (κ1) is 9.00. The van der Waals surface area contributed by atoms with Crippen LogP contribution in [0.25, 0.3) is 10.9 Å². The summed E-state index contributed by atoms with van der Waals surface area (Å²) in [6, 6.07) is 6.81. The van der Waals surface area contributed by atoms with Gasteiger partial charge in [0.25, 0.3) is 0 Å². The molecule has 0 radical (unpaired) electrons. The lowest BCUT2D eigenvalue weighted by molar-refractivity contribution is 0.628. The molecule has 1 nitrogen and oxygen atoms in total. The zero-order valence-corrected chi connectivity index (χ0v) is 8.13. The Kier molecular flexibility index (Phi) is 2.12. The molecule has 0 unspecified atom stereocenters. The highest BCUT2D eigenvalue weighted by molar-refractivity contribution is 5.80. The van der Waals surface area contributed by atoms with Crippen LogP contribution in [0, 0.1) is 5.82 Å². The van der Waals surface area contributed by atoms with Gasteiger partial charge in [0.2, 0.25) is 0 Å². The van der Waals surface area contributed by atoms with Crippen LogP contribution in [0.2, 0.25) is 0 Å². The lowest BCUT2D eigenvalue weighted by atomic mass is 10.2. The Bertz CT molecular complexity index is 482. The Balaban J connectivity index is 2.55. The van der Waals surface area contributed by atoms with E-state index in [9.17, 15) is 4.39 Å². The number of fused-ring (bicyclic) bond motifs is 1. The maximum atomic E-state index is 13.0. The van der Waals surface area contributed by atoms with Crippen LogP contribution in [-0.2, 0) is 6.54 Å². The number of benzene rings is 1. The highest BCUT2D eigenvalue weighted by atomic mass is 19.1. The number of hydrogen-bond acceptors (Lipinski definition) is 0. The minimum atomic E-state index is -0.195. The summed E-state index contributed by atoms with van der Waals surface area (Å²) in [6.07, 6.45) is 1.96. The van der Waals surface area contributed by atoms with Gasteiger partial charge in [-0.3, -0.25) is 0 Å². The molecule has 1 aromatic heterocycles. The van der Waals surface area contributed by atoms with E-state index < -0.39 is 0 Å². The summed E-state index contributed by atoms with van der Waals surface area (Å²) >= 11 is 0. The lowest BCUT2D eigenvalue weighted by Gasteiger charge is -2.04. The number of halogens is 1. The van der Waals surface area contributed by atoms with E-state index in [1.165, 1.54) is 6.07 Å². The predicted molar refractivity (Wildman–Crippen MR) is 56.7 cm³/mol. The van der Waals surface area contributed by atoms with E-state index >= 15 is 0 Å². The summed E-state index contributed by atoms with van der Waals surface area (Å²) in [6.45, 7) is 6.55. The van der Waals surface area contributed by atoms with Crippen molar-refractivity contribution in [2.45, 2.75) is 13.5 Å². The van der Waals surface area contributed by atoms with Crippen molar-refractivity contribution in [3.8, 4) is 0 Å². The smallest absolute Gasteiger partial charge is 0.125 e. The van der Waals surface area contributed by atoms with Crippen LogP contribution >= 0.6 is 0 Å². The van der Waals surface area contributed by atoms with Crippen LogP contribution < -0.4 is 0 Å². The first-order chi connectivity index (χ1) is 6.66. The summed E-state index contributed by atoms with van der Waals surface area (Å²) in [4.78, 5) is 0. The van der Waals surface area contributed by atoms with E-state index in [2.05, 4.69) is 6.58 Å². The van der Waals surface area contributed by atoms with Crippen LogP contribution in [0.5, 0.6) is 0 Å². The second-order valence-electron chi connectivity index (χ2n) is 3.60. The average Bonchev–Trinajstić information content (AvgIpc) is 2.47. The molecule has 2 aromatic rings. The molecule has 0 bridgehead atoms. The molecule has 14 heavy (non-hydrogen) atoms. The number of allylic oxidation sites excluding steroid dienone is 1. The van der Waals surface area contributed by atoms with E-state index in [-0.39, 0.29) is 5.82 Å². The molecule has 1 heterocycles. The molecule has 0 fully saturated rings. The van der Waals surface area contributed by atoms with E-state index in [0.717, 1.165) is 23.0 Å². The van der Waals surface area contributed by atoms with E-state index in [1.54, 1.807) is 12.1 Å². The quantitative estimate of drug-likeness (QED) is 0.638. The van der Waals surface area contributed by atoms with Crippen LogP contribution in [0.3, 0.4) is 0 Å². The molecule has 72 valence electrons. The molecule has 0 aliphatic heterocycles. The van der Waals surface area contributed by atoms with Crippen LogP contribution in [0.15, 0.2) is 42.6 Å². The molecular weight excluding hydrogens is 177 g/mol. The SMILES string of the molecule is C=C(C)Cn1ccc2ccc(F)cc21. The van der Waals surface area contributed by atoms with Crippen LogP contribution in [0.1, 0.15) is 6.92 Å². The third kappa shape index (κ3) is 1.55. The average molecular weight is 189 g/mol. The van der Waals surface area contributed by atoms with Gasteiger partial charge in [0.05, 0.1) is 5.52 Å². The Morgan fingerprint density at radius 2 is 2.21 bits per heavy atom. The van der Waals surface area contributed by atoms with Crippen LogP contribution in [-0.4, -0.2) is 4.57 Å². The van der Waals surface area contributed by atoms with Gasteiger partial charge >= 0.3 is 0 Å². The fraction of sp³-hybridized carbons (Fsp3) is 0.167. The number of rotatable bonds is 2. The Labute approximate surface area is 82.5 Å². The molecular formula is C12H12FN. The van der Waals surface area contributed by atoms with Crippen molar-refractivity contribution >= 4 is 10.9 Å². The maximum Gasteiger partial charge on any atom is 0.125 e. The number of hydrogen-bond donors (Lipinski definition) is 0. The third-order valence-electron chi connectivity index (χ3n) is 2.18. The summed E-state index contributed by atoms with van der Waals surface area (Å²) < 4.78 is 15.0. The Morgan fingerprint density at radius 3 is 2.93 bits per heavy atom. The summed E-state index contributed by atoms with van der Waals surface area (Å²) in [5.74, 6) is -0.195. The first-order valence-electron chi connectivity index (χ1n) is 4.55. The van der Waals surface area contributed by atoms with Gasteiger partial charge in [0.15, 0.2) is 0 Å². The van der Waals surface area contributed by atoms with E-state index in [0.29, 0.717) is 0 Å². The summed E-state index contributed by atoms with van der Waals surface area (Å²) in [7, 11) is 0. The van der Waals surface area contributed by atoms with Crippen molar-refractivity contribution in [3.63, 3.8) is 0 Å². The second kappa shape index (κ2) is 3.29. The minimum absolute atomic E-state index is 0.195. The second-order valence-corrected chi connectivity index (χ2v) is 3.60. The summed E-state index contributed by atoms with van der Waals surface area (Å²) in [5.41, 5.74) is 1.99. The number of nitrogens with zero attached hydrogens (tertiary/aromatic N) is 1. The molecule has 0 spiro atoms. The monoisotopic (exact) mass is 189 g/mol. The summed E-state index contributed by atoms with van der Waals surface area (Å²) in [5, 5.41) is 1.06. The fourth-order valence-corrected chi connectivity index (χ4v) is 1.59. The van der Waals surface area contributed by atoms with E-state index in [1.807, 2.05) is 23.8 Å². The predicted octanol–water partition coefficient (Wildman–Crippen LogP) is 3.36. The molecule has 2 rings (SSSR count). The normalized spacial score (nSPS) is 10.7. The number of aromatic nitrogens is 1. The van der Waals surface area contributed by atoms with Crippen molar-refractivity contribution < 1.29 is 4.39 Å². The van der Waals surface area contributed by atoms with Gasteiger partial charge in [-0.25, -0.2) is 4.39 Å². The van der Waals surface area contributed by atoms with Crippen molar-refractivity contribution in [2.75, 3.05) is 0 Å².